The van der Waals surface area contributed by atoms with E-state index in [0.29, 0.717) is 6.04 Å². The van der Waals surface area contributed by atoms with Crippen LogP contribution in [0.5, 0.6) is 0 Å². The molecule has 1 N–H and O–H groups in total. The Labute approximate surface area is 118 Å². The summed E-state index contributed by atoms with van der Waals surface area (Å²) in [6.45, 7) is 7.61. The van der Waals surface area contributed by atoms with Crippen LogP contribution in [0.15, 0.2) is 11.6 Å². The number of aromatic nitrogens is 2. The highest BCUT2D eigenvalue weighted by Crippen LogP contribution is 2.26. The van der Waals surface area contributed by atoms with Gasteiger partial charge < -0.3 is 10.0 Å². The van der Waals surface area contributed by atoms with Crippen molar-refractivity contribution >= 4 is 22.1 Å². The Morgan fingerprint density at radius 1 is 1.42 bits per heavy atom. The van der Waals surface area contributed by atoms with Gasteiger partial charge in [0.05, 0.1) is 12.3 Å². The summed E-state index contributed by atoms with van der Waals surface area (Å²) >= 11 is 1.61. The summed E-state index contributed by atoms with van der Waals surface area (Å²) < 4.78 is 2.00. The second-order valence-corrected chi connectivity index (χ2v) is 5.96. The van der Waals surface area contributed by atoms with E-state index in [4.69, 9.17) is 4.98 Å². The predicted molar refractivity (Wildman–Crippen MR) is 81.0 cm³/mol. The topological polar surface area (TPSA) is 40.8 Å². The Balaban J connectivity index is 2.29. The lowest BCUT2D eigenvalue weighted by molar-refractivity contribution is 0.276. The van der Waals surface area contributed by atoms with Crippen LogP contribution in [-0.4, -0.2) is 27.1 Å². The quantitative estimate of drug-likeness (QED) is 0.792. The molecule has 4 nitrogen and oxygen atoms in total. The average Bonchev–Trinajstić information content (AvgIpc) is 2.94. The Kier molecular flexibility index (Phi) is 4.82. The number of rotatable bonds is 7. The van der Waals surface area contributed by atoms with Crippen LogP contribution in [0.4, 0.5) is 5.82 Å². The van der Waals surface area contributed by atoms with Crippen LogP contribution in [0.2, 0.25) is 0 Å². The van der Waals surface area contributed by atoms with Gasteiger partial charge in [-0.2, -0.15) is 0 Å². The highest BCUT2D eigenvalue weighted by atomic mass is 32.1. The first-order valence-corrected chi connectivity index (χ1v) is 7.89. The molecule has 2 heterocycles. The summed E-state index contributed by atoms with van der Waals surface area (Å²) in [4.78, 5) is 7.96. The first-order valence-electron chi connectivity index (χ1n) is 7.01. The normalized spacial score (nSPS) is 11.6. The van der Waals surface area contributed by atoms with Crippen LogP contribution < -0.4 is 4.90 Å². The first kappa shape index (κ1) is 14.3. The molecule has 0 aliphatic carbocycles. The highest BCUT2D eigenvalue weighted by Gasteiger charge is 2.20. The van der Waals surface area contributed by atoms with Crippen molar-refractivity contribution in [1.29, 1.82) is 0 Å². The molecule has 0 radical (unpaired) electrons. The fourth-order valence-corrected chi connectivity index (χ4v) is 3.07. The lowest BCUT2D eigenvalue weighted by atomic mass is 10.2. The smallest absolute Gasteiger partial charge is 0.195 e. The van der Waals surface area contributed by atoms with E-state index in [1.807, 2.05) is 16.0 Å². The SMILES string of the molecule is CCCCCN(c1nc2sccn2c1CO)C(C)C. The fourth-order valence-electron chi connectivity index (χ4n) is 2.34. The molecule has 0 atom stereocenters. The largest absolute Gasteiger partial charge is 0.390 e. The number of hydrogen-bond acceptors (Lipinski definition) is 4. The molecule has 106 valence electrons. The van der Waals surface area contributed by atoms with Crippen molar-refractivity contribution in [2.24, 2.45) is 0 Å². The summed E-state index contributed by atoms with van der Waals surface area (Å²) in [7, 11) is 0. The van der Waals surface area contributed by atoms with Gasteiger partial charge in [-0.1, -0.05) is 19.8 Å². The van der Waals surface area contributed by atoms with E-state index < -0.39 is 0 Å². The number of unbranched alkanes of at least 4 members (excludes halogenated alkanes) is 2. The maximum absolute atomic E-state index is 9.64. The summed E-state index contributed by atoms with van der Waals surface area (Å²) in [5.41, 5.74) is 0.904. The molecule has 0 unspecified atom stereocenters. The molecule has 0 aliphatic rings. The van der Waals surface area contributed by atoms with Gasteiger partial charge in [0.2, 0.25) is 0 Å². The number of fused-ring (bicyclic) bond motifs is 1. The van der Waals surface area contributed by atoms with E-state index in [9.17, 15) is 5.11 Å². The third kappa shape index (κ3) is 2.92. The predicted octanol–water partition coefficient (Wildman–Crippen LogP) is 3.29. The van der Waals surface area contributed by atoms with Crippen molar-refractivity contribution in [1.82, 2.24) is 9.38 Å². The van der Waals surface area contributed by atoms with Crippen LogP contribution in [0.25, 0.3) is 4.96 Å². The van der Waals surface area contributed by atoms with E-state index >= 15 is 0 Å². The molecule has 0 fully saturated rings. The van der Waals surface area contributed by atoms with Gasteiger partial charge >= 0.3 is 0 Å². The molecule has 2 rings (SSSR count). The minimum Gasteiger partial charge on any atom is -0.390 e. The number of aliphatic hydroxyl groups excluding tert-OH is 1. The summed E-state index contributed by atoms with van der Waals surface area (Å²) in [6, 6.07) is 0.395. The first-order chi connectivity index (χ1) is 9.19. The molecular weight excluding hydrogens is 258 g/mol. The van der Waals surface area contributed by atoms with Crippen molar-refractivity contribution < 1.29 is 5.11 Å². The number of thiazole rings is 1. The van der Waals surface area contributed by atoms with Crippen LogP contribution in [0, 0.1) is 0 Å². The standard InChI is InChI=1S/C14H23N3OS/c1-4-5-6-7-16(11(2)3)13-12(10-18)17-8-9-19-14(17)15-13/h8-9,11,18H,4-7,10H2,1-3H3. The van der Waals surface area contributed by atoms with Gasteiger partial charge in [-0.3, -0.25) is 4.40 Å². The lowest BCUT2D eigenvalue weighted by Crippen LogP contribution is -2.33. The lowest BCUT2D eigenvalue weighted by Gasteiger charge is -2.27. The molecule has 2 aromatic heterocycles. The Morgan fingerprint density at radius 2 is 2.21 bits per heavy atom. The van der Waals surface area contributed by atoms with Crippen molar-refractivity contribution in [3.8, 4) is 0 Å². The highest BCUT2D eigenvalue weighted by molar-refractivity contribution is 7.15. The molecular formula is C14H23N3OS. The van der Waals surface area contributed by atoms with Crippen molar-refractivity contribution in [3.05, 3.63) is 17.3 Å². The van der Waals surface area contributed by atoms with E-state index in [2.05, 4.69) is 25.7 Å². The van der Waals surface area contributed by atoms with Crippen LogP contribution in [-0.2, 0) is 6.61 Å². The van der Waals surface area contributed by atoms with Gasteiger partial charge in [0, 0.05) is 24.2 Å². The molecule has 5 heteroatoms. The van der Waals surface area contributed by atoms with Crippen LogP contribution in [0.3, 0.4) is 0 Å². The van der Waals surface area contributed by atoms with Crippen molar-refractivity contribution in [2.45, 2.75) is 52.7 Å². The van der Waals surface area contributed by atoms with Gasteiger partial charge in [0.1, 0.15) is 0 Å². The zero-order valence-corrected chi connectivity index (χ0v) is 12.8. The summed E-state index contributed by atoms with van der Waals surface area (Å²) in [5.74, 6) is 0.945. The van der Waals surface area contributed by atoms with Gasteiger partial charge in [0.25, 0.3) is 0 Å². The Bertz CT molecular complexity index is 518. The maximum Gasteiger partial charge on any atom is 0.195 e. The Morgan fingerprint density at radius 3 is 2.84 bits per heavy atom. The van der Waals surface area contributed by atoms with Gasteiger partial charge in [0.15, 0.2) is 10.8 Å². The number of anilines is 1. The molecule has 2 aromatic rings. The monoisotopic (exact) mass is 281 g/mol. The van der Waals surface area contributed by atoms with E-state index in [1.54, 1.807) is 11.3 Å². The second-order valence-electron chi connectivity index (χ2n) is 5.09. The van der Waals surface area contributed by atoms with Crippen molar-refractivity contribution in [2.75, 3.05) is 11.4 Å². The number of aliphatic hydroxyl groups is 1. The van der Waals surface area contributed by atoms with Crippen molar-refractivity contribution in [3.63, 3.8) is 0 Å². The Hall–Kier alpha value is -1.07. The van der Waals surface area contributed by atoms with Gasteiger partial charge in [-0.25, -0.2) is 4.98 Å². The summed E-state index contributed by atoms with van der Waals surface area (Å²) in [6.07, 6.45) is 5.61. The third-order valence-electron chi connectivity index (χ3n) is 3.39. The molecule has 0 aliphatic heterocycles. The number of nitrogens with zero attached hydrogens (tertiary/aromatic N) is 3. The minimum atomic E-state index is 0.0320. The fraction of sp³-hybridized carbons (Fsp3) is 0.643. The van der Waals surface area contributed by atoms with Gasteiger partial charge in [-0.15, -0.1) is 11.3 Å². The molecule has 0 spiro atoms. The maximum atomic E-state index is 9.64. The second kappa shape index (κ2) is 6.39. The molecule has 0 saturated heterocycles. The zero-order chi connectivity index (χ0) is 13.8. The van der Waals surface area contributed by atoms with E-state index in [-0.39, 0.29) is 6.61 Å². The summed E-state index contributed by atoms with van der Waals surface area (Å²) in [5, 5.41) is 11.6. The van der Waals surface area contributed by atoms with E-state index in [1.165, 1.54) is 19.3 Å². The minimum absolute atomic E-state index is 0.0320. The number of hydrogen-bond donors (Lipinski definition) is 1. The molecule has 0 aromatic carbocycles. The molecule has 0 amide bonds. The van der Waals surface area contributed by atoms with Crippen LogP contribution in [0.1, 0.15) is 45.7 Å². The van der Waals surface area contributed by atoms with E-state index in [0.717, 1.165) is 23.0 Å². The molecule has 19 heavy (non-hydrogen) atoms. The zero-order valence-electron chi connectivity index (χ0n) is 12.0. The average molecular weight is 281 g/mol. The van der Waals surface area contributed by atoms with Crippen LogP contribution >= 0.6 is 11.3 Å². The molecule has 0 bridgehead atoms. The van der Waals surface area contributed by atoms with Gasteiger partial charge in [-0.05, 0) is 20.3 Å². The third-order valence-corrected chi connectivity index (χ3v) is 4.14. The number of imidazole rings is 1. The molecule has 0 saturated carbocycles.